The maximum atomic E-state index is 13.2. The van der Waals surface area contributed by atoms with E-state index in [1.165, 1.54) is 21.9 Å². The number of alkyl halides is 6. The lowest BCUT2D eigenvalue weighted by Gasteiger charge is -2.31. The summed E-state index contributed by atoms with van der Waals surface area (Å²) in [5, 5.41) is -6.35. The Labute approximate surface area is 194 Å². The van der Waals surface area contributed by atoms with E-state index in [0.29, 0.717) is 0 Å². The van der Waals surface area contributed by atoms with Gasteiger partial charge in [-0.2, -0.15) is 26.3 Å². The van der Waals surface area contributed by atoms with Crippen LogP contribution in [-0.2, 0) is 21.0 Å². The van der Waals surface area contributed by atoms with Crippen molar-refractivity contribution in [3.63, 3.8) is 0 Å². The zero-order valence-corrected chi connectivity index (χ0v) is 18.9. The van der Waals surface area contributed by atoms with E-state index in [4.69, 9.17) is 0 Å². The van der Waals surface area contributed by atoms with Gasteiger partial charge in [-0.1, -0.05) is 36.4 Å². The minimum Gasteiger partial charge on any atom is -0.743 e. The molecule has 0 N–H and O–H groups in total. The Morgan fingerprint density at radius 3 is 1.32 bits per heavy atom. The molecule has 0 atom stereocenters. The molecule has 3 aromatic rings. The molecule has 0 fully saturated rings. The molecule has 0 saturated heterocycles. The van der Waals surface area contributed by atoms with E-state index < -0.39 is 34.1 Å². The van der Waals surface area contributed by atoms with Crippen molar-refractivity contribution in [2.45, 2.75) is 38.7 Å². The fourth-order valence-electron chi connectivity index (χ4n) is 2.50. The second kappa shape index (κ2) is 10.4. The van der Waals surface area contributed by atoms with Gasteiger partial charge in [0.1, 0.15) is 5.82 Å². The quantitative estimate of drug-likeness (QED) is 0.214. The molecule has 0 aliphatic carbocycles. The van der Waals surface area contributed by atoms with Crippen LogP contribution >= 0.6 is 0 Å². The van der Waals surface area contributed by atoms with E-state index in [-0.39, 0.29) is 16.7 Å². The third kappa shape index (κ3) is 6.10. The first-order valence-electron chi connectivity index (χ1n) is 9.28. The summed E-state index contributed by atoms with van der Waals surface area (Å²) in [4.78, 5) is 3.61. The van der Waals surface area contributed by atoms with Crippen molar-refractivity contribution < 1.29 is 43.7 Å². The van der Waals surface area contributed by atoms with Gasteiger partial charge in [0.05, 0.1) is 10.9 Å². The van der Waals surface area contributed by atoms with Gasteiger partial charge in [0.15, 0.2) is 24.8 Å². The van der Waals surface area contributed by atoms with Gasteiger partial charge < -0.3 is 4.55 Å². The van der Waals surface area contributed by atoms with Crippen molar-refractivity contribution >= 4 is 21.0 Å². The van der Waals surface area contributed by atoms with E-state index in [1.807, 2.05) is 48.5 Å². The van der Waals surface area contributed by atoms with Gasteiger partial charge in [-0.15, -0.1) is 0 Å². The summed E-state index contributed by atoms with van der Waals surface area (Å²) < 4.78 is 114. The second-order valence-electron chi connectivity index (χ2n) is 6.82. The molecule has 0 aliphatic rings. The highest BCUT2D eigenvalue weighted by Crippen LogP contribution is 2.47. The number of hydrogen-bond acceptors (Lipinski definition) is 3. The lowest BCUT2D eigenvalue weighted by atomic mass is 10.2. The number of rotatable bonds is 6. The Hall–Kier alpha value is -2.57. The van der Waals surface area contributed by atoms with Gasteiger partial charge in [0.25, 0.3) is 0 Å². The summed E-state index contributed by atoms with van der Waals surface area (Å²) in [6, 6.07) is 27.5. The normalized spacial score (nSPS) is 12.8. The fraction of sp³-hybridized carbons (Fsp3) is 0.182. The molecular formula is C22H17F7O3S2. The number of hydrogen-bond donors (Lipinski definition) is 0. The van der Waals surface area contributed by atoms with Crippen molar-refractivity contribution in [3.8, 4) is 0 Å². The van der Waals surface area contributed by atoms with Crippen molar-refractivity contribution in [1.82, 2.24) is 0 Å². The van der Waals surface area contributed by atoms with Gasteiger partial charge in [-0.25, -0.2) is 12.8 Å². The lowest BCUT2D eigenvalue weighted by molar-refractivity contribution is -0.273. The van der Waals surface area contributed by atoms with Crippen LogP contribution in [-0.4, -0.2) is 30.1 Å². The Morgan fingerprint density at radius 1 is 0.676 bits per heavy atom. The van der Waals surface area contributed by atoms with E-state index in [9.17, 15) is 43.7 Å². The first-order chi connectivity index (χ1) is 15.6. The summed E-state index contributed by atoms with van der Waals surface area (Å²) in [6.45, 7) is -0.619. The third-order valence-electron chi connectivity index (χ3n) is 4.24. The standard InChI is InChI=1S/C18H14FS.C4H4F6O3S/c19-15-11-13-18(14-12-15)20(16-7-3-1-4-8-16)17-9-5-2-6-10-17;1-2(5,6)3(7,8)4(9,10)14(11,12)13/h1-14H;1H3,(H,11,12,13)/q+1;/p-1. The maximum absolute atomic E-state index is 13.2. The van der Waals surface area contributed by atoms with Gasteiger partial charge in [-0.3, -0.25) is 0 Å². The zero-order chi connectivity index (χ0) is 25.8. The average Bonchev–Trinajstić information content (AvgIpc) is 2.76. The number of benzene rings is 3. The lowest BCUT2D eigenvalue weighted by Crippen LogP contribution is -2.56. The molecule has 34 heavy (non-hydrogen) atoms. The van der Waals surface area contributed by atoms with Crippen molar-refractivity contribution in [2.75, 3.05) is 0 Å². The first kappa shape index (κ1) is 27.7. The van der Waals surface area contributed by atoms with Crippen LogP contribution in [0.3, 0.4) is 0 Å². The Morgan fingerprint density at radius 2 is 1.03 bits per heavy atom. The Bertz CT molecular complexity index is 1130. The molecule has 3 rings (SSSR count). The van der Waals surface area contributed by atoms with Crippen molar-refractivity contribution in [3.05, 3.63) is 90.7 Å². The molecule has 0 spiro atoms. The highest BCUT2D eigenvalue weighted by Gasteiger charge is 2.72. The van der Waals surface area contributed by atoms with Crippen LogP contribution < -0.4 is 0 Å². The molecule has 0 unspecified atom stereocenters. The van der Waals surface area contributed by atoms with Crippen LogP contribution in [0.25, 0.3) is 0 Å². The average molecular weight is 526 g/mol. The SMILES string of the molecule is CC(F)(F)C(F)(F)C(F)(F)S(=O)(=O)[O-].Fc1ccc([S+](c2ccccc2)c2ccccc2)cc1. The van der Waals surface area contributed by atoms with E-state index >= 15 is 0 Å². The predicted molar refractivity (Wildman–Crippen MR) is 112 cm³/mol. The molecule has 0 amide bonds. The van der Waals surface area contributed by atoms with Gasteiger partial charge in [-0.05, 0) is 48.5 Å². The third-order valence-corrected chi connectivity index (χ3v) is 7.35. The smallest absolute Gasteiger partial charge is 0.402 e. The van der Waals surface area contributed by atoms with Crippen molar-refractivity contribution in [1.29, 1.82) is 0 Å². The van der Waals surface area contributed by atoms with E-state index in [1.54, 1.807) is 0 Å². The number of halogens is 7. The van der Waals surface area contributed by atoms with Crippen molar-refractivity contribution in [2.24, 2.45) is 0 Å². The zero-order valence-electron chi connectivity index (χ0n) is 17.3. The molecule has 0 radical (unpaired) electrons. The topological polar surface area (TPSA) is 57.2 Å². The van der Waals surface area contributed by atoms with Gasteiger partial charge >= 0.3 is 17.1 Å². The molecule has 3 nitrogen and oxygen atoms in total. The summed E-state index contributed by atoms with van der Waals surface area (Å²) in [6.07, 6.45) is 0. The molecule has 0 aliphatic heterocycles. The summed E-state index contributed by atoms with van der Waals surface area (Å²) in [5.41, 5.74) is 0. The van der Waals surface area contributed by atoms with E-state index in [0.717, 1.165) is 4.90 Å². The Kier molecular flexibility index (Phi) is 8.43. The molecular weight excluding hydrogens is 509 g/mol. The maximum Gasteiger partial charge on any atom is 0.402 e. The predicted octanol–water partition coefficient (Wildman–Crippen LogP) is 6.34. The monoisotopic (exact) mass is 526 g/mol. The minimum absolute atomic E-state index is 0.190. The van der Waals surface area contributed by atoms with Crippen LogP contribution in [0, 0.1) is 5.82 Å². The summed E-state index contributed by atoms with van der Waals surface area (Å²) in [5.74, 6) is -11.8. The highest BCUT2D eigenvalue weighted by atomic mass is 32.2. The fourth-order valence-corrected chi connectivity index (χ4v) is 5.08. The van der Waals surface area contributed by atoms with Crippen LogP contribution in [0.5, 0.6) is 0 Å². The van der Waals surface area contributed by atoms with Gasteiger partial charge in [0, 0.05) is 6.92 Å². The first-order valence-corrected chi connectivity index (χ1v) is 11.9. The summed E-state index contributed by atoms with van der Waals surface area (Å²) in [7, 11) is -7.05. The molecule has 0 aromatic heterocycles. The largest absolute Gasteiger partial charge is 0.743 e. The van der Waals surface area contributed by atoms with Crippen LogP contribution in [0.15, 0.2) is 99.6 Å². The highest BCUT2D eigenvalue weighted by molar-refractivity contribution is 7.97. The van der Waals surface area contributed by atoms with Crippen LogP contribution in [0.1, 0.15) is 6.92 Å². The molecule has 3 aromatic carbocycles. The molecule has 0 bridgehead atoms. The molecule has 12 heteroatoms. The second-order valence-corrected chi connectivity index (χ2v) is 10.3. The van der Waals surface area contributed by atoms with Crippen LogP contribution in [0.2, 0.25) is 0 Å². The minimum atomic E-state index is -6.86. The Balaban J connectivity index is 0.000000259. The van der Waals surface area contributed by atoms with E-state index in [2.05, 4.69) is 24.3 Å². The van der Waals surface area contributed by atoms with Crippen LogP contribution in [0.4, 0.5) is 30.7 Å². The molecule has 0 heterocycles. The molecule has 0 saturated carbocycles. The summed E-state index contributed by atoms with van der Waals surface area (Å²) >= 11 is 0. The van der Waals surface area contributed by atoms with Gasteiger partial charge in [0.2, 0.25) is 0 Å². The molecule has 184 valence electrons.